The topological polar surface area (TPSA) is 270 Å². The largest absolute Gasteiger partial charge is 0.477 e. The van der Waals surface area contributed by atoms with E-state index in [1.54, 1.807) is 0 Å². The predicted octanol–water partition coefficient (Wildman–Crippen LogP) is 4.47. The number of carboxylic acids is 1. The third kappa shape index (κ3) is 37.0. The number of amides is 3. The highest BCUT2D eigenvalue weighted by atomic mass is 16.7. The molecule has 19 heteroatoms. The molecule has 0 bridgehead atoms. The van der Waals surface area contributed by atoms with Crippen LogP contribution >= 0.6 is 0 Å². The molecule has 6 atom stereocenters. The molecule has 1 aliphatic rings. The van der Waals surface area contributed by atoms with E-state index in [0.29, 0.717) is 98.2 Å². The Morgan fingerprint density at radius 2 is 1.07 bits per heavy atom. The van der Waals surface area contributed by atoms with Gasteiger partial charge in [0.05, 0.1) is 91.4 Å². The van der Waals surface area contributed by atoms with Gasteiger partial charge in [-0.05, 0) is 50.4 Å². The van der Waals surface area contributed by atoms with Crippen LogP contribution in [0.15, 0.2) is 0 Å². The Morgan fingerprint density at radius 1 is 0.603 bits per heavy atom. The SMILES string of the molecule is CCCCCCCCCCCCC#CC#CCCCCCCCCC(=O)NCCOCCOCCOCCOCCOCCC(=O)NCCCCCO[C@]1(C(=O)O)C[C@H](O)[C@@H](NC(C)=O)C([C@H](O)[C@H](O)CO)O1. The third-order valence-electron chi connectivity index (χ3n) is 12.0. The number of hydrogen-bond donors (Lipinski definition) is 8. The van der Waals surface area contributed by atoms with Crippen LogP contribution in [0.25, 0.3) is 0 Å². The molecule has 1 saturated heterocycles. The second-order valence-electron chi connectivity index (χ2n) is 18.5. The molecule has 0 aromatic heterocycles. The van der Waals surface area contributed by atoms with E-state index in [1.165, 1.54) is 70.6 Å². The Bertz CT molecular complexity index is 1540. The summed E-state index contributed by atoms with van der Waals surface area (Å²) in [6.07, 6.45) is 16.8. The van der Waals surface area contributed by atoms with Crippen molar-refractivity contribution in [2.45, 2.75) is 204 Å². The molecule has 1 rings (SSSR count). The van der Waals surface area contributed by atoms with Crippen LogP contribution in [0, 0.1) is 23.7 Å². The van der Waals surface area contributed by atoms with E-state index < -0.39 is 61.1 Å². The van der Waals surface area contributed by atoms with E-state index in [9.17, 15) is 44.7 Å². The average molecular weight is 1040 g/mol. The van der Waals surface area contributed by atoms with Crippen molar-refractivity contribution in [1.82, 2.24) is 16.0 Å². The van der Waals surface area contributed by atoms with Gasteiger partial charge in [-0.1, -0.05) is 102 Å². The summed E-state index contributed by atoms with van der Waals surface area (Å²) in [5.41, 5.74) is 0. The first-order chi connectivity index (χ1) is 35.5. The van der Waals surface area contributed by atoms with Gasteiger partial charge < -0.3 is 74.6 Å². The van der Waals surface area contributed by atoms with E-state index in [-0.39, 0.29) is 31.4 Å². The number of nitrogens with one attached hydrogen (secondary N) is 3. The van der Waals surface area contributed by atoms with Crippen molar-refractivity contribution in [3.63, 3.8) is 0 Å². The lowest BCUT2D eigenvalue weighted by Crippen LogP contribution is -2.67. The summed E-state index contributed by atoms with van der Waals surface area (Å²) in [7, 11) is 0. The molecule has 1 unspecified atom stereocenters. The molecule has 0 aromatic carbocycles. The number of carbonyl (C=O) groups excluding carboxylic acids is 3. The first kappa shape index (κ1) is 67.6. The van der Waals surface area contributed by atoms with Crippen LogP contribution in [0.1, 0.15) is 168 Å². The van der Waals surface area contributed by atoms with Crippen molar-refractivity contribution in [2.75, 3.05) is 92.4 Å². The molecule has 1 fully saturated rings. The highest BCUT2D eigenvalue weighted by Gasteiger charge is 2.55. The Hall–Kier alpha value is -3.44. The van der Waals surface area contributed by atoms with Gasteiger partial charge in [0, 0.05) is 52.1 Å². The van der Waals surface area contributed by atoms with Gasteiger partial charge in [-0.25, -0.2) is 4.79 Å². The second kappa shape index (κ2) is 47.0. The van der Waals surface area contributed by atoms with Crippen molar-refractivity contribution in [1.29, 1.82) is 0 Å². The highest BCUT2D eigenvalue weighted by molar-refractivity contribution is 5.77. The summed E-state index contributed by atoms with van der Waals surface area (Å²) < 4.78 is 38.6. The van der Waals surface area contributed by atoms with Gasteiger partial charge in [0.25, 0.3) is 5.79 Å². The van der Waals surface area contributed by atoms with Crippen LogP contribution in [-0.2, 0) is 52.3 Å². The molecular weight excluding hydrogens is 947 g/mol. The van der Waals surface area contributed by atoms with E-state index in [1.807, 2.05) is 0 Å². The molecule has 0 aromatic rings. The monoisotopic (exact) mass is 1040 g/mol. The van der Waals surface area contributed by atoms with Gasteiger partial charge in [0.15, 0.2) is 0 Å². The van der Waals surface area contributed by atoms with Crippen LogP contribution in [0.2, 0.25) is 0 Å². The quantitative estimate of drug-likeness (QED) is 0.0309. The van der Waals surface area contributed by atoms with Gasteiger partial charge in [-0.3, -0.25) is 14.4 Å². The minimum Gasteiger partial charge on any atom is -0.477 e. The van der Waals surface area contributed by atoms with Crippen LogP contribution in [0.4, 0.5) is 0 Å². The summed E-state index contributed by atoms with van der Waals surface area (Å²) in [5.74, 6) is 7.73. The molecule has 8 N–H and O–H groups in total. The molecule has 73 heavy (non-hydrogen) atoms. The fraction of sp³-hybridized carbons (Fsp3) is 0.852. The summed E-state index contributed by atoms with van der Waals surface area (Å²) in [6.45, 7) is 7.12. The van der Waals surface area contributed by atoms with Crippen LogP contribution in [0.3, 0.4) is 0 Å². The van der Waals surface area contributed by atoms with Crippen molar-refractivity contribution in [3.05, 3.63) is 0 Å². The van der Waals surface area contributed by atoms with Crippen molar-refractivity contribution >= 4 is 23.7 Å². The lowest BCUT2D eigenvalue weighted by Gasteiger charge is -2.46. The van der Waals surface area contributed by atoms with E-state index in [2.05, 4.69) is 46.6 Å². The van der Waals surface area contributed by atoms with Gasteiger partial charge in [-0.2, -0.15) is 0 Å². The van der Waals surface area contributed by atoms with Gasteiger partial charge in [-0.15, -0.1) is 0 Å². The number of unbranched alkanes of at least 4 members (excludes halogenated alkanes) is 18. The van der Waals surface area contributed by atoms with Gasteiger partial charge in [0.2, 0.25) is 17.7 Å². The lowest BCUT2D eigenvalue weighted by molar-refractivity contribution is -0.311. The van der Waals surface area contributed by atoms with Gasteiger partial charge in [0.1, 0.15) is 18.3 Å². The number of hydrogen-bond acceptors (Lipinski definition) is 15. The van der Waals surface area contributed by atoms with E-state index >= 15 is 0 Å². The molecule has 0 spiro atoms. The minimum atomic E-state index is -2.37. The molecule has 1 aliphatic heterocycles. The second-order valence-corrected chi connectivity index (χ2v) is 18.5. The molecule has 1 heterocycles. The van der Waals surface area contributed by atoms with Crippen LogP contribution in [0.5, 0.6) is 0 Å². The van der Waals surface area contributed by atoms with Crippen molar-refractivity contribution in [2.24, 2.45) is 0 Å². The predicted molar refractivity (Wildman–Crippen MR) is 276 cm³/mol. The Labute approximate surface area is 436 Å². The average Bonchev–Trinajstić information content (AvgIpc) is 3.37. The van der Waals surface area contributed by atoms with Crippen LogP contribution < -0.4 is 16.0 Å². The Balaban J connectivity index is 1.88. The van der Waals surface area contributed by atoms with E-state index in [0.717, 1.165) is 51.9 Å². The number of ether oxygens (including phenoxy) is 7. The fourth-order valence-electron chi connectivity index (χ4n) is 7.85. The number of carboxylic acid groups (broad SMARTS) is 1. The number of rotatable bonds is 48. The first-order valence-corrected chi connectivity index (χ1v) is 27.3. The summed E-state index contributed by atoms with van der Waals surface area (Å²) >= 11 is 0. The molecule has 19 nitrogen and oxygen atoms in total. The molecular formula is C54H95N3O16. The van der Waals surface area contributed by atoms with Crippen molar-refractivity contribution < 1.29 is 77.9 Å². The van der Waals surface area contributed by atoms with Crippen LogP contribution in [-0.4, -0.2) is 178 Å². The fourth-order valence-corrected chi connectivity index (χ4v) is 7.85. The van der Waals surface area contributed by atoms with Gasteiger partial charge >= 0.3 is 5.97 Å². The number of carbonyl (C=O) groups is 4. The minimum absolute atomic E-state index is 0.0589. The maximum atomic E-state index is 12.2. The summed E-state index contributed by atoms with van der Waals surface area (Å²) in [4.78, 5) is 48.1. The standard InChI is InChI=1S/C54H95N3O16/c1-3-4-5-6-7-8-9-10-11-12-13-14-15-16-17-18-19-20-21-22-23-25-28-48(62)56-31-34-68-36-38-70-40-42-71-41-39-69-37-35-67-33-29-49(63)55-30-26-24-27-32-72-54(53(65)66)43-46(60)50(57-45(2)59)52(73-54)51(64)47(61)44-58/h46-47,50-52,58,60-61,64H,3-13,18-44H2,1-2H3,(H,55,63)(H,56,62)(H,57,59)(H,65,66)/t46-,47+,50+,51+,52?,54+/m0/s1. The molecule has 422 valence electrons. The third-order valence-corrected chi connectivity index (χ3v) is 12.0. The molecule has 0 saturated carbocycles. The zero-order chi connectivity index (χ0) is 53.5. The number of aliphatic carboxylic acids is 1. The zero-order valence-corrected chi connectivity index (χ0v) is 44.5. The van der Waals surface area contributed by atoms with E-state index in [4.69, 9.17) is 33.2 Å². The van der Waals surface area contributed by atoms with Crippen molar-refractivity contribution in [3.8, 4) is 23.7 Å². The lowest BCUT2D eigenvalue weighted by atomic mass is 9.88. The Kier molecular flexibility index (Phi) is 43.5. The molecule has 0 radical (unpaired) electrons. The normalized spacial score (nSPS) is 18.2. The number of aliphatic hydroxyl groups excluding tert-OH is 4. The smallest absolute Gasteiger partial charge is 0.364 e. The zero-order valence-electron chi connectivity index (χ0n) is 44.5. The summed E-state index contributed by atoms with van der Waals surface area (Å²) in [6, 6.07) is -1.27. The molecule has 3 amide bonds. The molecule has 0 aliphatic carbocycles. The maximum Gasteiger partial charge on any atom is 0.364 e. The maximum absolute atomic E-state index is 12.2. The number of aliphatic hydroxyl groups is 4. The Morgan fingerprint density at radius 3 is 1.59 bits per heavy atom. The first-order valence-electron chi connectivity index (χ1n) is 27.3. The summed E-state index contributed by atoms with van der Waals surface area (Å²) in [5, 5.41) is 58.4. The highest BCUT2D eigenvalue weighted by Crippen LogP contribution is 2.34.